The summed E-state index contributed by atoms with van der Waals surface area (Å²) >= 11 is 0. The van der Waals surface area contributed by atoms with E-state index in [1.54, 1.807) is 0 Å². The van der Waals surface area contributed by atoms with E-state index in [1.165, 1.54) is 0 Å². The Morgan fingerprint density at radius 2 is 1.55 bits per heavy atom. The summed E-state index contributed by atoms with van der Waals surface area (Å²) in [5.74, 6) is 0. The largest absolute Gasteiger partial charge is 0.298 e. The van der Waals surface area contributed by atoms with Gasteiger partial charge in [-0.25, -0.2) is 0 Å². The monoisotopic (exact) mass is 325 g/mol. The maximum atomic E-state index is 11.8. The number of nitro benzene ring substituents is 1. The molecule has 0 aliphatic rings. The van der Waals surface area contributed by atoms with Crippen molar-refractivity contribution in [1.82, 2.24) is 0 Å². The molecule has 0 heterocycles. The molecular weight excluding hydrogens is 314 g/mol. The van der Waals surface area contributed by atoms with E-state index in [0.29, 0.717) is 0 Å². The van der Waals surface area contributed by atoms with Gasteiger partial charge in [-0.1, -0.05) is 0 Å². The van der Waals surface area contributed by atoms with E-state index < -0.39 is 40.6 Å². The molecule has 0 radical (unpaired) electrons. The number of hydrogen-bond donors (Lipinski definition) is 0. The lowest BCUT2D eigenvalue weighted by atomic mass is 10.2. The highest BCUT2D eigenvalue weighted by Gasteiger charge is 2.32. The fraction of sp³-hybridized carbons (Fsp3) is 0.333. The first kappa shape index (κ1) is 16.5. The van der Waals surface area contributed by atoms with Gasteiger partial charge in [0.25, 0.3) is 25.9 Å². The second-order valence-corrected chi connectivity index (χ2v) is 6.87. The number of hydrogen-bond acceptors (Lipinski definition) is 8. The van der Waals surface area contributed by atoms with Crippen LogP contribution in [0.1, 0.15) is 5.56 Å². The summed E-state index contributed by atoms with van der Waals surface area (Å²) in [6, 6.07) is 1.67. The highest BCUT2D eigenvalue weighted by Crippen LogP contribution is 2.32. The van der Waals surface area contributed by atoms with Crippen molar-refractivity contribution in [3.63, 3.8) is 0 Å². The van der Waals surface area contributed by atoms with Crippen LogP contribution in [0.3, 0.4) is 0 Å². The predicted octanol–water partition coefficient (Wildman–Crippen LogP) is 0.573. The van der Waals surface area contributed by atoms with Gasteiger partial charge in [-0.15, -0.1) is 0 Å². The van der Waals surface area contributed by atoms with E-state index >= 15 is 0 Å². The van der Waals surface area contributed by atoms with Gasteiger partial charge in [0.2, 0.25) is 0 Å². The predicted molar refractivity (Wildman–Crippen MR) is 66.2 cm³/mol. The minimum atomic E-state index is -4.47. The van der Waals surface area contributed by atoms with Gasteiger partial charge in [0.15, 0.2) is 0 Å². The van der Waals surface area contributed by atoms with Crippen molar-refractivity contribution >= 4 is 25.9 Å². The molecule has 0 atom stereocenters. The Morgan fingerprint density at radius 1 is 1.05 bits per heavy atom. The van der Waals surface area contributed by atoms with Gasteiger partial charge in [-0.2, -0.15) is 16.8 Å². The molecule has 11 heteroatoms. The zero-order valence-electron chi connectivity index (χ0n) is 10.7. The zero-order valence-corrected chi connectivity index (χ0v) is 12.3. The van der Waals surface area contributed by atoms with Gasteiger partial charge in [0, 0.05) is 11.6 Å². The van der Waals surface area contributed by atoms with Gasteiger partial charge in [0.05, 0.1) is 19.1 Å². The van der Waals surface area contributed by atoms with Crippen LogP contribution in [0.25, 0.3) is 0 Å². The molecule has 0 N–H and O–H groups in total. The molecule has 0 amide bonds. The normalized spacial score (nSPS) is 12.3. The Hall–Kier alpha value is -1.56. The highest BCUT2D eigenvalue weighted by atomic mass is 32.2. The van der Waals surface area contributed by atoms with Crippen molar-refractivity contribution in [2.24, 2.45) is 0 Å². The number of benzene rings is 1. The zero-order chi connectivity index (χ0) is 15.7. The number of nitrogens with zero attached hydrogens (tertiary/aromatic N) is 1. The van der Waals surface area contributed by atoms with Crippen LogP contribution in [0.5, 0.6) is 0 Å². The third kappa shape index (κ3) is 2.80. The first-order chi connectivity index (χ1) is 9.08. The summed E-state index contributed by atoms with van der Waals surface area (Å²) in [5, 5.41) is 10.8. The average Bonchev–Trinajstić information content (AvgIpc) is 2.37. The highest BCUT2D eigenvalue weighted by molar-refractivity contribution is 7.90. The lowest BCUT2D eigenvalue weighted by Crippen LogP contribution is -2.14. The number of nitro groups is 1. The van der Waals surface area contributed by atoms with Crippen LogP contribution in [-0.4, -0.2) is 36.0 Å². The van der Waals surface area contributed by atoms with E-state index in [0.717, 1.165) is 33.3 Å². The van der Waals surface area contributed by atoms with Crippen molar-refractivity contribution in [1.29, 1.82) is 0 Å². The molecule has 112 valence electrons. The molecule has 0 unspecified atom stereocenters. The minimum Gasteiger partial charge on any atom is -0.270 e. The molecule has 0 saturated carbocycles. The van der Waals surface area contributed by atoms with Crippen molar-refractivity contribution in [2.45, 2.75) is 16.7 Å². The van der Waals surface area contributed by atoms with Crippen LogP contribution < -0.4 is 0 Å². The SMILES string of the molecule is COS(=O)(=O)c1ccc([N+](=O)[O-])c(C)c1S(=O)(=O)OC. The first-order valence-corrected chi connectivity index (χ1v) is 7.79. The molecule has 0 bridgehead atoms. The molecule has 0 aliphatic carbocycles. The fourth-order valence-electron chi connectivity index (χ4n) is 1.53. The van der Waals surface area contributed by atoms with Gasteiger partial charge in [-0.3, -0.25) is 18.5 Å². The Balaban J connectivity index is 3.92. The standard InChI is InChI=1S/C9H11NO8S2/c1-6-7(10(11)12)4-5-8(19(13,14)17-2)9(6)20(15,16)18-3/h4-5H,1-3H3. The Labute approximate surface area is 115 Å². The molecule has 0 spiro atoms. The van der Waals surface area contributed by atoms with Gasteiger partial charge in [0.1, 0.15) is 9.79 Å². The first-order valence-electron chi connectivity index (χ1n) is 4.97. The van der Waals surface area contributed by atoms with E-state index in [1.807, 2.05) is 0 Å². The third-order valence-corrected chi connectivity index (χ3v) is 5.41. The Bertz CT molecular complexity index is 750. The van der Waals surface area contributed by atoms with E-state index in [-0.39, 0.29) is 5.56 Å². The molecule has 0 aromatic heterocycles. The Kier molecular flexibility index (Phi) is 4.49. The van der Waals surface area contributed by atoms with Crippen molar-refractivity contribution < 1.29 is 30.1 Å². The van der Waals surface area contributed by atoms with Crippen LogP contribution in [0.2, 0.25) is 0 Å². The minimum absolute atomic E-state index is 0.352. The second kappa shape index (κ2) is 5.44. The number of rotatable bonds is 5. The smallest absolute Gasteiger partial charge is 0.270 e. The summed E-state index contributed by atoms with van der Waals surface area (Å²) in [5.41, 5.74) is -0.898. The molecule has 0 fully saturated rings. The van der Waals surface area contributed by atoms with Gasteiger partial charge >= 0.3 is 0 Å². The van der Waals surface area contributed by atoms with Crippen LogP contribution in [0.4, 0.5) is 5.69 Å². The van der Waals surface area contributed by atoms with Crippen molar-refractivity contribution in [3.8, 4) is 0 Å². The second-order valence-electron chi connectivity index (χ2n) is 3.54. The molecule has 9 nitrogen and oxygen atoms in total. The molecule has 0 saturated heterocycles. The van der Waals surface area contributed by atoms with E-state index in [4.69, 9.17) is 0 Å². The Morgan fingerprint density at radius 3 is 1.95 bits per heavy atom. The van der Waals surface area contributed by atoms with Crippen LogP contribution in [-0.2, 0) is 28.6 Å². The third-order valence-electron chi connectivity index (χ3n) is 2.50. The maximum Gasteiger partial charge on any atom is 0.298 e. The summed E-state index contributed by atoms with van der Waals surface area (Å²) in [7, 11) is -7.18. The van der Waals surface area contributed by atoms with Crippen molar-refractivity contribution in [2.75, 3.05) is 14.2 Å². The lowest BCUT2D eigenvalue weighted by Gasteiger charge is -2.11. The maximum absolute atomic E-state index is 11.8. The summed E-state index contributed by atoms with van der Waals surface area (Å²) in [6.45, 7) is 1.11. The van der Waals surface area contributed by atoms with Crippen LogP contribution in [0.15, 0.2) is 21.9 Å². The molecule has 0 aliphatic heterocycles. The fourth-order valence-corrected chi connectivity index (χ4v) is 3.90. The topological polar surface area (TPSA) is 130 Å². The lowest BCUT2D eigenvalue weighted by molar-refractivity contribution is -0.385. The van der Waals surface area contributed by atoms with E-state index in [9.17, 15) is 26.9 Å². The summed E-state index contributed by atoms with van der Waals surface area (Å²) in [4.78, 5) is 8.46. The molecule has 1 rings (SSSR count). The van der Waals surface area contributed by atoms with E-state index in [2.05, 4.69) is 8.37 Å². The summed E-state index contributed by atoms with van der Waals surface area (Å²) in [6.07, 6.45) is 0. The molecular formula is C9H11NO8S2. The molecule has 1 aromatic rings. The van der Waals surface area contributed by atoms with Gasteiger partial charge in [-0.05, 0) is 13.0 Å². The average molecular weight is 325 g/mol. The quantitative estimate of drug-likeness (QED) is 0.436. The molecule has 20 heavy (non-hydrogen) atoms. The van der Waals surface area contributed by atoms with Crippen LogP contribution >= 0.6 is 0 Å². The van der Waals surface area contributed by atoms with Crippen LogP contribution in [0, 0.1) is 17.0 Å². The molecule has 1 aromatic carbocycles. The summed E-state index contributed by atoms with van der Waals surface area (Å²) < 4.78 is 55.5. The van der Waals surface area contributed by atoms with Crippen molar-refractivity contribution in [3.05, 3.63) is 27.8 Å². The van der Waals surface area contributed by atoms with Gasteiger partial charge < -0.3 is 0 Å².